The molecular formula is C12H27O3V. The fraction of sp³-hybridized carbons (Fsp3) is 1.00. The average molecular weight is 270 g/mol. The summed E-state index contributed by atoms with van der Waals surface area (Å²) in [6, 6.07) is 0. The first-order valence-corrected chi connectivity index (χ1v) is 8.25. The van der Waals surface area contributed by atoms with Crippen LogP contribution in [0.25, 0.3) is 0 Å². The molecule has 0 spiro atoms. The van der Waals surface area contributed by atoms with Crippen molar-refractivity contribution in [3.63, 3.8) is 0 Å². The predicted octanol–water partition coefficient (Wildman–Crippen LogP) is 3.80. The van der Waals surface area contributed by atoms with Crippen molar-refractivity contribution in [2.45, 2.75) is 59.3 Å². The van der Waals surface area contributed by atoms with E-state index in [0.717, 1.165) is 58.3 Å². The molecule has 0 fully saturated rings. The number of rotatable bonds is 12. The van der Waals surface area contributed by atoms with Gasteiger partial charge in [-0.15, -0.1) is 0 Å². The van der Waals surface area contributed by atoms with Crippen LogP contribution in [0.4, 0.5) is 0 Å². The maximum atomic E-state index is 5.68. The Labute approximate surface area is 106 Å². The van der Waals surface area contributed by atoms with Crippen molar-refractivity contribution < 1.29 is 27.2 Å². The van der Waals surface area contributed by atoms with Gasteiger partial charge in [-0.05, 0) is 0 Å². The van der Waals surface area contributed by atoms with Crippen molar-refractivity contribution in [1.29, 1.82) is 0 Å². The van der Waals surface area contributed by atoms with E-state index >= 15 is 0 Å². The fourth-order valence-electron chi connectivity index (χ4n) is 0.962. The molecule has 16 heavy (non-hydrogen) atoms. The van der Waals surface area contributed by atoms with Gasteiger partial charge >= 0.3 is 106 Å². The van der Waals surface area contributed by atoms with Gasteiger partial charge < -0.3 is 0 Å². The van der Waals surface area contributed by atoms with Crippen molar-refractivity contribution in [3.8, 4) is 0 Å². The van der Waals surface area contributed by atoms with Crippen molar-refractivity contribution in [3.05, 3.63) is 0 Å². The molecule has 0 atom stereocenters. The van der Waals surface area contributed by atoms with Crippen molar-refractivity contribution in [2.24, 2.45) is 0 Å². The van der Waals surface area contributed by atoms with Crippen LogP contribution in [0.15, 0.2) is 0 Å². The normalized spacial score (nSPS) is 11.2. The number of hydrogen-bond acceptors (Lipinski definition) is 3. The molecule has 0 heterocycles. The van der Waals surface area contributed by atoms with Gasteiger partial charge in [0.15, 0.2) is 0 Å². The first-order valence-electron chi connectivity index (χ1n) is 6.54. The van der Waals surface area contributed by atoms with Crippen LogP contribution in [0.2, 0.25) is 0 Å². The minimum atomic E-state index is -1.90. The van der Waals surface area contributed by atoms with Crippen molar-refractivity contribution >= 4 is 0 Å². The van der Waals surface area contributed by atoms with Gasteiger partial charge in [0.1, 0.15) is 0 Å². The zero-order valence-electron chi connectivity index (χ0n) is 11.0. The van der Waals surface area contributed by atoms with E-state index in [2.05, 4.69) is 20.8 Å². The third kappa shape index (κ3) is 11.0. The number of unbranched alkanes of at least 4 members (excludes halogenated alkanes) is 3. The van der Waals surface area contributed by atoms with E-state index < -0.39 is 16.2 Å². The molecule has 0 saturated heterocycles. The standard InChI is InChI=1S/3C4H9O.V/c3*1-2-3-4-5;/h3*2-4H2,1H3;/q3*-1;+3. The molecule has 0 aliphatic rings. The van der Waals surface area contributed by atoms with E-state index in [1.54, 1.807) is 0 Å². The molecule has 0 bridgehead atoms. The summed E-state index contributed by atoms with van der Waals surface area (Å²) in [5, 5.41) is 0. The van der Waals surface area contributed by atoms with Gasteiger partial charge in [0, 0.05) is 0 Å². The van der Waals surface area contributed by atoms with Crippen LogP contribution in [0.3, 0.4) is 0 Å². The van der Waals surface area contributed by atoms with Crippen LogP contribution in [0, 0.1) is 0 Å². The van der Waals surface area contributed by atoms with Crippen molar-refractivity contribution in [1.82, 2.24) is 0 Å². The second kappa shape index (κ2) is 13.5. The summed E-state index contributed by atoms with van der Waals surface area (Å²) in [7, 11) is 0. The van der Waals surface area contributed by atoms with Gasteiger partial charge in [-0.1, -0.05) is 0 Å². The Hall–Kier alpha value is 0.464. The Kier molecular flexibility index (Phi) is 13.9. The summed E-state index contributed by atoms with van der Waals surface area (Å²) < 4.78 is 17.0. The SMILES string of the molecule is CCCC[O][V]([O]CCCC)[O]CCCC. The third-order valence-corrected chi connectivity index (χ3v) is 3.93. The van der Waals surface area contributed by atoms with Gasteiger partial charge in [-0.2, -0.15) is 0 Å². The maximum absolute atomic E-state index is 5.68. The molecule has 0 saturated carbocycles. The van der Waals surface area contributed by atoms with Crippen LogP contribution >= 0.6 is 0 Å². The summed E-state index contributed by atoms with van der Waals surface area (Å²) in [6.07, 6.45) is 6.77. The molecule has 0 radical (unpaired) electrons. The van der Waals surface area contributed by atoms with E-state index in [1.165, 1.54) is 0 Å². The van der Waals surface area contributed by atoms with Gasteiger partial charge in [0.05, 0.1) is 0 Å². The molecule has 0 unspecified atom stereocenters. The second-order valence-electron chi connectivity index (χ2n) is 3.78. The van der Waals surface area contributed by atoms with Crippen molar-refractivity contribution in [2.75, 3.05) is 19.8 Å². The quantitative estimate of drug-likeness (QED) is 0.505. The molecule has 0 aromatic carbocycles. The third-order valence-electron chi connectivity index (χ3n) is 2.08. The topological polar surface area (TPSA) is 27.7 Å². The zero-order chi connectivity index (χ0) is 12.1. The summed E-state index contributed by atoms with van der Waals surface area (Å²) in [5.74, 6) is 0. The predicted molar refractivity (Wildman–Crippen MR) is 62.6 cm³/mol. The molecule has 0 aliphatic heterocycles. The van der Waals surface area contributed by atoms with E-state index in [0.29, 0.717) is 0 Å². The summed E-state index contributed by atoms with van der Waals surface area (Å²) in [4.78, 5) is 0. The zero-order valence-corrected chi connectivity index (χ0v) is 12.4. The number of hydrogen-bond donors (Lipinski definition) is 0. The average Bonchev–Trinajstić information content (AvgIpc) is 2.29. The van der Waals surface area contributed by atoms with Gasteiger partial charge in [0.2, 0.25) is 0 Å². The molecule has 0 aromatic rings. The summed E-state index contributed by atoms with van der Waals surface area (Å²) in [5.41, 5.74) is 0. The Balaban J connectivity index is 3.58. The molecule has 98 valence electrons. The van der Waals surface area contributed by atoms with Crippen LogP contribution < -0.4 is 0 Å². The molecule has 4 heteroatoms. The van der Waals surface area contributed by atoms with Crippen LogP contribution in [0.1, 0.15) is 59.3 Å². The monoisotopic (exact) mass is 270 g/mol. The van der Waals surface area contributed by atoms with E-state index in [9.17, 15) is 0 Å². The Morgan fingerprint density at radius 2 is 0.938 bits per heavy atom. The second-order valence-corrected chi connectivity index (χ2v) is 5.69. The van der Waals surface area contributed by atoms with E-state index in [4.69, 9.17) is 11.0 Å². The van der Waals surface area contributed by atoms with Crippen LogP contribution in [-0.2, 0) is 27.2 Å². The molecule has 0 aliphatic carbocycles. The fourth-order valence-corrected chi connectivity index (χ4v) is 2.61. The Morgan fingerprint density at radius 3 is 1.19 bits per heavy atom. The molecule has 0 rings (SSSR count). The molecule has 0 N–H and O–H groups in total. The summed E-state index contributed by atoms with van der Waals surface area (Å²) >= 11 is -1.90. The molecular weight excluding hydrogens is 243 g/mol. The first kappa shape index (κ1) is 16.5. The molecule has 0 aromatic heterocycles. The molecule has 3 nitrogen and oxygen atoms in total. The van der Waals surface area contributed by atoms with E-state index in [-0.39, 0.29) is 0 Å². The first-order chi connectivity index (χ1) is 7.85. The van der Waals surface area contributed by atoms with Gasteiger partial charge in [-0.25, -0.2) is 0 Å². The molecule has 0 amide bonds. The Morgan fingerprint density at radius 1 is 0.625 bits per heavy atom. The van der Waals surface area contributed by atoms with E-state index in [1.807, 2.05) is 0 Å². The van der Waals surface area contributed by atoms with Gasteiger partial charge in [0.25, 0.3) is 0 Å². The summed E-state index contributed by atoms with van der Waals surface area (Å²) in [6.45, 7) is 8.85. The minimum absolute atomic E-state index is 0.786. The Bertz CT molecular complexity index is 110. The van der Waals surface area contributed by atoms with Gasteiger partial charge in [-0.3, -0.25) is 0 Å². The van der Waals surface area contributed by atoms with Crippen LogP contribution in [-0.4, -0.2) is 19.8 Å². The van der Waals surface area contributed by atoms with Crippen LogP contribution in [0.5, 0.6) is 0 Å².